The van der Waals surface area contributed by atoms with Gasteiger partial charge in [-0.3, -0.25) is 9.69 Å². The largest absolute Gasteiger partial charge is 0.478 e. The van der Waals surface area contributed by atoms with Gasteiger partial charge in [0.05, 0.1) is 18.7 Å². The molecule has 1 unspecified atom stereocenters. The van der Waals surface area contributed by atoms with E-state index in [2.05, 4.69) is 10.3 Å². The summed E-state index contributed by atoms with van der Waals surface area (Å²) < 4.78 is 43.4. The minimum atomic E-state index is -4.47. The molecule has 1 aliphatic rings. The lowest BCUT2D eigenvalue weighted by Gasteiger charge is -2.15. The average molecular weight is 379 g/mol. The monoisotopic (exact) mass is 379 g/mol. The molecule has 27 heavy (non-hydrogen) atoms. The van der Waals surface area contributed by atoms with E-state index in [1.54, 1.807) is 19.1 Å². The van der Waals surface area contributed by atoms with Crippen molar-refractivity contribution in [3.63, 3.8) is 0 Å². The van der Waals surface area contributed by atoms with Crippen molar-refractivity contribution in [2.75, 3.05) is 6.61 Å². The maximum Gasteiger partial charge on any atom is 0.416 e. The van der Waals surface area contributed by atoms with Gasteiger partial charge in [0, 0.05) is 11.8 Å². The Balaban J connectivity index is 1.79. The first-order valence-electron chi connectivity index (χ1n) is 8.17. The van der Waals surface area contributed by atoms with Crippen LogP contribution in [0.5, 0.6) is 5.88 Å². The molecule has 3 amide bonds. The fraction of sp³-hybridized carbons (Fsp3) is 0.278. The van der Waals surface area contributed by atoms with E-state index in [-0.39, 0.29) is 12.1 Å². The van der Waals surface area contributed by atoms with Gasteiger partial charge in [0.2, 0.25) is 5.88 Å². The normalized spacial score (nSPS) is 17.2. The maximum atomic E-state index is 12.7. The van der Waals surface area contributed by atoms with Gasteiger partial charge in [0.1, 0.15) is 6.04 Å². The van der Waals surface area contributed by atoms with Gasteiger partial charge in [-0.25, -0.2) is 9.78 Å². The highest BCUT2D eigenvalue weighted by Crippen LogP contribution is 2.31. The van der Waals surface area contributed by atoms with Gasteiger partial charge in [0.15, 0.2) is 0 Å². The first-order valence-corrected chi connectivity index (χ1v) is 8.17. The second-order valence-corrected chi connectivity index (χ2v) is 5.83. The molecule has 1 aliphatic heterocycles. The van der Waals surface area contributed by atoms with Crippen molar-refractivity contribution in [3.05, 3.63) is 59.3 Å². The van der Waals surface area contributed by atoms with Gasteiger partial charge in [-0.1, -0.05) is 18.2 Å². The zero-order chi connectivity index (χ0) is 19.6. The average Bonchev–Trinajstić information content (AvgIpc) is 2.91. The molecule has 2 heterocycles. The number of imide groups is 1. The minimum absolute atomic E-state index is 0.0506. The van der Waals surface area contributed by atoms with Crippen LogP contribution in [0.2, 0.25) is 0 Å². The lowest BCUT2D eigenvalue weighted by Crippen LogP contribution is -2.30. The van der Waals surface area contributed by atoms with E-state index in [0.717, 1.165) is 17.0 Å². The molecule has 1 N–H and O–H groups in total. The van der Waals surface area contributed by atoms with E-state index in [1.165, 1.54) is 18.3 Å². The molecule has 0 saturated carbocycles. The molecular formula is C18H16F3N3O3. The highest BCUT2D eigenvalue weighted by molar-refractivity contribution is 6.04. The van der Waals surface area contributed by atoms with Crippen LogP contribution in [0, 0.1) is 0 Å². The Kier molecular flexibility index (Phi) is 5.02. The number of hydrogen-bond acceptors (Lipinski definition) is 4. The van der Waals surface area contributed by atoms with Crippen molar-refractivity contribution in [2.45, 2.75) is 25.7 Å². The molecule has 9 heteroatoms. The first-order chi connectivity index (χ1) is 12.8. The van der Waals surface area contributed by atoms with Crippen LogP contribution in [0.4, 0.5) is 18.0 Å². The predicted molar refractivity (Wildman–Crippen MR) is 88.7 cm³/mol. The Labute approximate surface area is 152 Å². The summed E-state index contributed by atoms with van der Waals surface area (Å²) in [6.07, 6.45) is -2.94. The number of alkyl halides is 3. The summed E-state index contributed by atoms with van der Waals surface area (Å²) in [5, 5.41) is 2.49. The third-order valence-electron chi connectivity index (χ3n) is 4.06. The molecule has 0 aliphatic carbocycles. The van der Waals surface area contributed by atoms with E-state index in [4.69, 9.17) is 4.74 Å². The third-order valence-corrected chi connectivity index (χ3v) is 4.06. The minimum Gasteiger partial charge on any atom is -0.478 e. The second kappa shape index (κ2) is 7.26. The van der Waals surface area contributed by atoms with Crippen LogP contribution in [0.25, 0.3) is 0 Å². The predicted octanol–water partition coefficient (Wildman–Crippen LogP) is 3.29. The van der Waals surface area contributed by atoms with Crippen LogP contribution >= 0.6 is 0 Å². The van der Waals surface area contributed by atoms with Crippen LogP contribution in [-0.2, 0) is 17.5 Å². The number of carbonyl (C=O) groups excluding carboxylic acids is 2. The van der Waals surface area contributed by atoms with Crippen molar-refractivity contribution in [1.82, 2.24) is 15.2 Å². The van der Waals surface area contributed by atoms with Crippen molar-refractivity contribution in [1.29, 1.82) is 0 Å². The number of nitrogens with zero attached hydrogens (tertiary/aromatic N) is 2. The molecule has 6 nitrogen and oxygen atoms in total. The summed E-state index contributed by atoms with van der Waals surface area (Å²) in [6, 6.07) is 5.81. The fourth-order valence-electron chi connectivity index (χ4n) is 2.74. The van der Waals surface area contributed by atoms with Crippen LogP contribution < -0.4 is 10.1 Å². The van der Waals surface area contributed by atoms with Gasteiger partial charge >= 0.3 is 12.2 Å². The molecule has 0 bridgehead atoms. The maximum absolute atomic E-state index is 12.7. The molecule has 0 spiro atoms. The van der Waals surface area contributed by atoms with Gasteiger partial charge in [-0.15, -0.1) is 0 Å². The summed E-state index contributed by atoms with van der Waals surface area (Å²) in [7, 11) is 0. The topological polar surface area (TPSA) is 71.5 Å². The number of rotatable bonds is 5. The number of hydrogen-bond donors (Lipinski definition) is 1. The van der Waals surface area contributed by atoms with Crippen LogP contribution in [-0.4, -0.2) is 28.4 Å². The third kappa shape index (κ3) is 3.86. The molecule has 1 saturated heterocycles. The molecular weight excluding hydrogens is 363 g/mol. The highest BCUT2D eigenvalue weighted by atomic mass is 19.4. The SMILES string of the molecule is CCOc1ncccc1CN1C(=O)NC(c2ccc(C(F)(F)F)cc2)C1=O. The van der Waals surface area contributed by atoms with E-state index in [1.807, 2.05) is 0 Å². The van der Waals surface area contributed by atoms with Crippen molar-refractivity contribution in [3.8, 4) is 5.88 Å². The summed E-state index contributed by atoms with van der Waals surface area (Å²) in [5.74, 6) is -0.232. The van der Waals surface area contributed by atoms with Gasteiger partial charge < -0.3 is 10.1 Å². The van der Waals surface area contributed by atoms with Crippen LogP contribution in [0.3, 0.4) is 0 Å². The molecule has 0 radical (unpaired) electrons. The second-order valence-electron chi connectivity index (χ2n) is 5.83. The van der Waals surface area contributed by atoms with Crippen LogP contribution in [0.15, 0.2) is 42.6 Å². The zero-order valence-electron chi connectivity index (χ0n) is 14.3. The lowest BCUT2D eigenvalue weighted by molar-refractivity contribution is -0.137. The Morgan fingerprint density at radius 1 is 1.19 bits per heavy atom. The summed E-state index contributed by atoms with van der Waals surface area (Å²) in [5.41, 5.74) is 0.00702. The number of nitrogens with one attached hydrogen (secondary N) is 1. The Morgan fingerprint density at radius 2 is 1.89 bits per heavy atom. The summed E-state index contributed by atoms with van der Waals surface area (Å²) >= 11 is 0. The number of benzene rings is 1. The molecule has 2 aromatic rings. The summed E-state index contributed by atoms with van der Waals surface area (Å²) in [4.78, 5) is 29.9. The summed E-state index contributed by atoms with van der Waals surface area (Å²) in [6.45, 7) is 2.11. The fourth-order valence-corrected chi connectivity index (χ4v) is 2.74. The number of halogens is 3. The van der Waals surface area contributed by atoms with Crippen LogP contribution in [0.1, 0.15) is 29.7 Å². The molecule has 1 atom stereocenters. The van der Waals surface area contributed by atoms with Gasteiger partial charge in [-0.05, 0) is 30.7 Å². The molecule has 142 valence electrons. The van der Waals surface area contributed by atoms with E-state index >= 15 is 0 Å². The van der Waals surface area contributed by atoms with E-state index < -0.39 is 29.7 Å². The Hall–Kier alpha value is -3.10. The quantitative estimate of drug-likeness (QED) is 0.810. The molecule has 1 fully saturated rings. The number of aromatic nitrogens is 1. The number of urea groups is 1. The first kappa shape index (κ1) is 18.7. The molecule has 3 rings (SSSR count). The number of pyridine rings is 1. The number of ether oxygens (including phenoxy) is 1. The lowest BCUT2D eigenvalue weighted by atomic mass is 10.0. The van der Waals surface area contributed by atoms with Crippen molar-refractivity contribution in [2.24, 2.45) is 0 Å². The van der Waals surface area contributed by atoms with Crippen molar-refractivity contribution < 1.29 is 27.5 Å². The standard InChI is InChI=1S/C18H16F3N3O3/c1-2-27-15-12(4-3-9-22-15)10-24-16(25)14(23-17(24)26)11-5-7-13(8-6-11)18(19,20)21/h3-9,14H,2,10H2,1H3,(H,23,26). The smallest absolute Gasteiger partial charge is 0.416 e. The van der Waals surface area contributed by atoms with E-state index in [0.29, 0.717) is 18.1 Å². The van der Waals surface area contributed by atoms with Gasteiger partial charge in [-0.2, -0.15) is 13.2 Å². The van der Waals surface area contributed by atoms with Crippen molar-refractivity contribution >= 4 is 11.9 Å². The Bertz CT molecular complexity index is 853. The number of amides is 3. The van der Waals surface area contributed by atoms with Gasteiger partial charge in [0.25, 0.3) is 5.91 Å². The zero-order valence-corrected chi connectivity index (χ0v) is 14.3. The van der Waals surface area contributed by atoms with E-state index in [9.17, 15) is 22.8 Å². The Morgan fingerprint density at radius 3 is 2.52 bits per heavy atom. The molecule has 1 aromatic heterocycles. The molecule has 1 aromatic carbocycles. The highest BCUT2D eigenvalue weighted by Gasteiger charge is 2.39. The number of carbonyl (C=O) groups is 2.